The Morgan fingerprint density at radius 1 is 1.36 bits per heavy atom. The van der Waals surface area contributed by atoms with Gasteiger partial charge in [0.1, 0.15) is 5.78 Å². The van der Waals surface area contributed by atoms with Gasteiger partial charge in [-0.1, -0.05) is 12.1 Å². The van der Waals surface area contributed by atoms with Crippen LogP contribution in [-0.2, 0) is 9.59 Å². The molecule has 28 heavy (non-hydrogen) atoms. The zero-order valence-corrected chi connectivity index (χ0v) is 15.3. The summed E-state index contributed by atoms with van der Waals surface area (Å²) < 4.78 is 30.3. The quantitative estimate of drug-likeness (QED) is 0.134. The molecule has 0 aliphatic heterocycles. The first-order valence-electron chi connectivity index (χ1n) is 8.03. The van der Waals surface area contributed by atoms with Crippen molar-refractivity contribution < 1.29 is 28.2 Å². The molecule has 12 heteroatoms. The Morgan fingerprint density at radius 2 is 2.14 bits per heavy atom. The third kappa shape index (κ3) is 6.39. The minimum absolute atomic E-state index is 0.0819. The van der Waals surface area contributed by atoms with Gasteiger partial charge in [0, 0.05) is 17.7 Å². The molecule has 150 valence electrons. The molecule has 0 fully saturated rings. The first kappa shape index (κ1) is 21.4. The number of carbonyl (C=O) groups is 2. The Morgan fingerprint density at radius 3 is 2.82 bits per heavy atom. The number of amidine groups is 1. The van der Waals surface area contributed by atoms with E-state index in [1.165, 1.54) is 36.0 Å². The molecule has 2 rings (SSSR count). The summed E-state index contributed by atoms with van der Waals surface area (Å²) in [5, 5.41) is 17.0. The second kappa shape index (κ2) is 10.5. The van der Waals surface area contributed by atoms with Crippen molar-refractivity contribution in [2.45, 2.75) is 30.7 Å². The van der Waals surface area contributed by atoms with E-state index in [9.17, 15) is 23.6 Å². The van der Waals surface area contributed by atoms with E-state index in [-0.39, 0.29) is 46.4 Å². The molecule has 0 radical (unpaired) electrons. The van der Waals surface area contributed by atoms with Crippen LogP contribution in [0.5, 0.6) is 0 Å². The Balaban J connectivity index is 2.04. The van der Waals surface area contributed by atoms with E-state index in [4.69, 9.17) is 5.73 Å². The van der Waals surface area contributed by atoms with Crippen LogP contribution >= 0.6 is 11.8 Å². The van der Waals surface area contributed by atoms with Gasteiger partial charge in [0.2, 0.25) is 5.91 Å². The van der Waals surface area contributed by atoms with Gasteiger partial charge in [0.25, 0.3) is 6.43 Å². The van der Waals surface area contributed by atoms with Gasteiger partial charge in [0.05, 0.1) is 12.1 Å². The van der Waals surface area contributed by atoms with Crippen molar-refractivity contribution in [3.63, 3.8) is 0 Å². The molecule has 0 bridgehead atoms. The van der Waals surface area contributed by atoms with Crippen molar-refractivity contribution in [2.75, 3.05) is 5.75 Å². The summed E-state index contributed by atoms with van der Waals surface area (Å²) in [7, 11) is 0. The number of halogens is 2. The third-order valence-electron chi connectivity index (χ3n) is 3.36. The Bertz CT molecular complexity index is 859. The Hall–Kier alpha value is -2.86. The lowest BCUT2D eigenvalue weighted by Gasteiger charge is -2.04. The number of primary amides is 1. The number of rotatable bonds is 10. The van der Waals surface area contributed by atoms with E-state index in [1.807, 2.05) is 5.48 Å². The number of nitrogens with one attached hydrogen (secondary N) is 1. The first-order chi connectivity index (χ1) is 13.4. The lowest BCUT2D eigenvalue weighted by Crippen LogP contribution is -2.21. The third-order valence-corrected chi connectivity index (χ3v) is 4.40. The van der Waals surface area contributed by atoms with Crippen LogP contribution in [0.15, 0.2) is 38.9 Å². The zero-order chi connectivity index (χ0) is 20.5. The van der Waals surface area contributed by atoms with E-state index in [2.05, 4.69) is 19.9 Å². The van der Waals surface area contributed by atoms with Gasteiger partial charge >= 0.3 is 0 Å². The number of nitrogens with two attached hydrogens (primary N) is 1. The van der Waals surface area contributed by atoms with E-state index in [1.54, 1.807) is 0 Å². The number of alkyl halides is 2. The maximum atomic E-state index is 12.8. The van der Waals surface area contributed by atoms with Crippen molar-refractivity contribution in [3.05, 3.63) is 35.5 Å². The molecule has 0 saturated carbocycles. The van der Waals surface area contributed by atoms with Crippen molar-refractivity contribution in [2.24, 2.45) is 10.7 Å². The fourth-order valence-corrected chi connectivity index (χ4v) is 2.97. The van der Waals surface area contributed by atoms with E-state index < -0.39 is 12.3 Å². The largest absolute Gasteiger partial charge is 0.369 e. The molecule has 0 atom stereocenters. The zero-order valence-electron chi connectivity index (χ0n) is 14.5. The SMILES string of the molecule is NC(=O)CC(=O)CCCSc1nonc1C(=Nc1cccc(C(F)F)c1)NO. The lowest BCUT2D eigenvalue weighted by atomic mass is 10.2. The van der Waals surface area contributed by atoms with Crippen molar-refractivity contribution >= 4 is 35.0 Å². The molecule has 0 spiro atoms. The summed E-state index contributed by atoms with van der Waals surface area (Å²) in [5.41, 5.74) is 6.84. The van der Waals surface area contributed by atoms with Gasteiger partial charge < -0.3 is 5.73 Å². The summed E-state index contributed by atoms with van der Waals surface area (Å²) in [6, 6.07) is 5.32. The average molecular weight is 413 g/mol. The maximum Gasteiger partial charge on any atom is 0.263 e. The number of hydroxylamine groups is 1. The number of aromatic nitrogens is 2. The van der Waals surface area contributed by atoms with Gasteiger partial charge in [-0.15, -0.1) is 11.8 Å². The number of hydrogen-bond donors (Lipinski definition) is 3. The molecule has 0 unspecified atom stereocenters. The number of ketones is 1. The van der Waals surface area contributed by atoms with Crippen LogP contribution in [0.1, 0.15) is 36.9 Å². The summed E-state index contributed by atoms with van der Waals surface area (Å²) in [5.74, 6) is -0.623. The summed E-state index contributed by atoms with van der Waals surface area (Å²) >= 11 is 1.19. The number of thioether (sulfide) groups is 1. The fraction of sp³-hybridized carbons (Fsp3) is 0.312. The number of aliphatic imine (C=N–C) groups is 1. The highest BCUT2D eigenvalue weighted by atomic mass is 32.2. The van der Waals surface area contributed by atoms with Crippen LogP contribution in [0.4, 0.5) is 14.5 Å². The monoisotopic (exact) mass is 413 g/mol. The van der Waals surface area contributed by atoms with Crippen molar-refractivity contribution in [3.8, 4) is 0 Å². The number of nitrogens with zero attached hydrogens (tertiary/aromatic N) is 3. The van der Waals surface area contributed by atoms with E-state index >= 15 is 0 Å². The second-order valence-electron chi connectivity index (χ2n) is 5.52. The van der Waals surface area contributed by atoms with Gasteiger partial charge in [0.15, 0.2) is 16.6 Å². The van der Waals surface area contributed by atoms with Gasteiger partial charge in [-0.25, -0.2) is 18.4 Å². The fourth-order valence-electron chi connectivity index (χ4n) is 2.13. The first-order valence-corrected chi connectivity index (χ1v) is 9.02. The highest BCUT2D eigenvalue weighted by Gasteiger charge is 2.18. The lowest BCUT2D eigenvalue weighted by molar-refractivity contribution is -0.126. The predicted molar refractivity (Wildman–Crippen MR) is 95.6 cm³/mol. The minimum atomic E-state index is -2.65. The Labute approximate surface area is 162 Å². The summed E-state index contributed by atoms with van der Waals surface area (Å²) in [6.45, 7) is 0. The number of carbonyl (C=O) groups excluding carboxylic acids is 2. The molecular formula is C16H17F2N5O4S. The van der Waals surface area contributed by atoms with Crippen LogP contribution in [0.25, 0.3) is 0 Å². The van der Waals surface area contributed by atoms with Gasteiger partial charge in [-0.05, 0) is 28.9 Å². The predicted octanol–water partition coefficient (Wildman–Crippen LogP) is 2.38. The normalized spacial score (nSPS) is 11.6. The van der Waals surface area contributed by atoms with Gasteiger partial charge in [-0.2, -0.15) is 0 Å². The van der Waals surface area contributed by atoms with Crippen molar-refractivity contribution in [1.29, 1.82) is 0 Å². The van der Waals surface area contributed by atoms with Crippen LogP contribution in [-0.4, -0.2) is 38.8 Å². The van der Waals surface area contributed by atoms with Crippen LogP contribution in [0.3, 0.4) is 0 Å². The van der Waals surface area contributed by atoms with E-state index in [0.717, 1.165) is 0 Å². The molecule has 1 heterocycles. The number of benzene rings is 1. The molecular weight excluding hydrogens is 396 g/mol. The molecule has 0 saturated heterocycles. The molecule has 1 aromatic carbocycles. The molecule has 0 aliphatic carbocycles. The molecule has 0 aliphatic rings. The van der Waals surface area contributed by atoms with Gasteiger partial charge in [-0.3, -0.25) is 20.3 Å². The average Bonchev–Trinajstić information content (AvgIpc) is 3.11. The molecule has 1 aromatic heterocycles. The van der Waals surface area contributed by atoms with E-state index in [0.29, 0.717) is 12.2 Å². The summed E-state index contributed by atoms with van der Waals surface area (Å²) in [4.78, 5) is 26.2. The van der Waals surface area contributed by atoms with Crippen LogP contribution < -0.4 is 11.2 Å². The molecule has 2 aromatic rings. The standard InChI is InChI=1S/C16H17F2N5O4S/c17-14(18)9-3-1-4-10(7-9)20-15(21-26)13-16(23-27-22-13)28-6-2-5-11(24)8-12(19)25/h1,3-4,7,14,26H,2,5-6,8H2,(H2,19,25)(H,20,21). The smallest absolute Gasteiger partial charge is 0.263 e. The number of amides is 1. The minimum Gasteiger partial charge on any atom is -0.369 e. The second-order valence-corrected chi connectivity index (χ2v) is 6.60. The number of Topliss-reactive ketones (excluding diaryl/α,β-unsaturated/α-hetero) is 1. The summed E-state index contributed by atoms with van der Waals surface area (Å²) in [6.07, 6.45) is -2.32. The highest BCUT2D eigenvalue weighted by Crippen LogP contribution is 2.25. The van der Waals surface area contributed by atoms with Crippen LogP contribution in [0, 0.1) is 0 Å². The molecule has 1 amide bonds. The topological polar surface area (TPSA) is 144 Å². The van der Waals surface area contributed by atoms with Crippen LogP contribution in [0.2, 0.25) is 0 Å². The Kier molecular flexibility index (Phi) is 8.02. The van der Waals surface area contributed by atoms with Crippen molar-refractivity contribution in [1.82, 2.24) is 15.8 Å². The molecule has 4 N–H and O–H groups in total. The maximum absolute atomic E-state index is 12.8. The highest BCUT2D eigenvalue weighted by molar-refractivity contribution is 7.99. The number of hydrogen-bond acceptors (Lipinski definition) is 8. The molecule has 9 nitrogen and oxygen atoms in total.